The minimum atomic E-state index is -0.264. The zero-order chi connectivity index (χ0) is 18.5. The van der Waals surface area contributed by atoms with Crippen LogP contribution in [0, 0.1) is 11.3 Å². The molecule has 0 spiro atoms. The quantitative estimate of drug-likeness (QED) is 0.786. The van der Waals surface area contributed by atoms with E-state index in [1.165, 1.54) is 11.3 Å². The van der Waals surface area contributed by atoms with E-state index in [-0.39, 0.29) is 29.9 Å². The van der Waals surface area contributed by atoms with Crippen molar-refractivity contribution in [2.45, 2.75) is 12.3 Å². The number of thiophene rings is 1. The molecular weight excluding hydrogens is 390 g/mol. The molecule has 132 valence electrons. The van der Waals surface area contributed by atoms with E-state index in [0.717, 1.165) is 16.6 Å². The highest BCUT2D eigenvalue weighted by Gasteiger charge is 2.30. The molecule has 0 saturated heterocycles. The van der Waals surface area contributed by atoms with Gasteiger partial charge in [-0.3, -0.25) is 9.59 Å². The first-order valence-electron chi connectivity index (χ1n) is 7.73. The molecule has 1 atom stereocenters. The molecule has 2 N–H and O–H groups in total. The van der Waals surface area contributed by atoms with Gasteiger partial charge in [0.1, 0.15) is 0 Å². The van der Waals surface area contributed by atoms with Crippen molar-refractivity contribution in [1.29, 1.82) is 5.26 Å². The fourth-order valence-electron chi connectivity index (χ4n) is 2.55. The lowest BCUT2D eigenvalue weighted by Gasteiger charge is -2.23. The lowest BCUT2D eigenvalue weighted by atomic mass is 9.93. The molecule has 1 aliphatic rings. The van der Waals surface area contributed by atoms with Gasteiger partial charge in [0.05, 0.1) is 33.1 Å². The Morgan fingerprint density at radius 3 is 2.88 bits per heavy atom. The van der Waals surface area contributed by atoms with Crippen molar-refractivity contribution in [3.8, 4) is 6.07 Å². The molecule has 0 fully saturated rings. The molecule has 2 amide bonds. The van der Waals surface area contributed by atoms with Crippen LogP contribution in [0.4, 0.5) is 5.69 Å². The van der Waals surface area contributed by atoms with Gasteiger partial charge in [-0.25, -0.2) is 0 Å². The third kappa shape index (κ3) is 4.28. The average molecular weight is 404 g/mol. The summed E-state index contributed by atoms with van der Waals surface area (Å²) in [5.41, 5.74) is 1.01. The number of benzene rings is 1. The summed E-state index contributed by atoms with van der Waals surface area (Å²) in [5, 5.41) is 17.8. The maximum Gasteiger partial charge on any atom is 0.234 e. The topological polar surface area (TPSA) is 82.0 Å². The van der Waals surface area contributed by atoms with Gasteiger partial charge in [-0.15, -0.1) is 11.3 Å². The Labute approximate surface area is 164 Å². The van der Waals surface area contributed by atoms with Crippen molar-refractivity contribution in [1.82, 2.24) is 5.32 Å². The Bertz CT molecular complexity index is 903. The Hall–Kier alpha value is -2.27. The van der Waals surface area contributed by atoms with Crippen molar-refractivity contribution in [2.24, 2.45) is 0 Å². The van der Waals surface area contributed by atoms with Crippen LogP contribution in [0.25, 0.3) is 0 Å². The lowest BCUT2D eigenvalue weighted by Crippen LogP contribution is -2.31. The van der Waals surface area contributed by atoms with E-state index in [1.807, 2.05) is 17.5 Å². The number of carbonyl (C=O) groups excluding carboxylic acids is 2. The fourth-order valence-corrected chi connectivity index (χ4v) is 4.45. The molecule has 5 nitrogen and oxygen atoms in total. The standard InChI is InChI=1S/C18H14ClN3O2S2/c19-13-4-1-2-5-14(13)21-17(24)10-26-18-12(9-20)11(8-16(23)22-18)15-6-3-7-25-15/h1-7,11H,8,10H2,(H,21,24)(H,22,23)/t11-/m1/s1. The number of rotatable bonds is 5. The second-order valence-electron chi connectivity index (χ2n) is 5.49. The van der Waals surface area contributed by atoms with Gasteiger partial charge in [-0.05, 0) is 23.6 Å². The van der Waals surface area contributed by atoms with Gasteiger partial charge in [0.25, 0.3) is 0 Å². The fraction of sp³-hybridized carbons (Fsp3) is 0.167. The van der Waals surface area contributed by atoms with Crippen molar-refractivity contribution < 1.29 is 9.59 Å². The van der Waals surface area contributed by atoms with Crippen LogP contribution < -0.4 is 10.6 Å². The minimum absolute atomic E-state index is 0.0587. The number of halogens is 1. The van der Waals surface area contributed by atoms with Gasteiger partial charge < -0.3 is 10.6 Å². The molecule has 26 heavy (non-hydrogen) atoms. The molecule has 2 aromatic rings. The first kappa shape index (κ1) is 18.5. The molecule has 8 heteroatoms. The van der Waals surface area contributed by atoms with Crippen molar-refractivity contribution >= 4 is 52.2 Å². The van der Waals surface area contributed by atoms with Crippen molar-refractivity contribution in [3.05, 3.63) is 62.3 Å². The number of amides is 2. The van der Waals surface area contributed by atoms with Crippen LogP contribution >= 0.6 is 34.7 Å². The molecule has 1 aliphatic heterocycles. The summed E-state index contributed by atoms with van der Waals surface area (Å²) in [7, 11) is 0. The summed E-state index contributed by atoms with van der Waals surface area (Å²) in [5.74, 6) is -0.622. The van der Waals surface area contributed by atoms with Gasteiger partial charge in [-0.1, -0.05) is 41.6 Å². The normalized spacial score (nSPS) is 16.8. The van der Waals surface area contributed by atoms with Crippen LogP contribution in [0.1, 0.15) is 17.2 Å². The first-order valence-corrected chi connectivity index (χ1v) is 9.97. The maximum atomic E-state index is 12.2. The van der Waals surface area contributed by atoms with Crippen LogP contribution in [0.2, 0.25) is 5.02 Å². The minimum Gasteiger partial charge on any atom is -0.324 e. The lowest BCUT2D eigenvalue weighted by molar-refractivity contribution is -0.121. The van der Waals surface area contributed by atoms with E-state index < -0.39 is 0 Å². The summed E-state index contributed by atoms with van der Waals surface area (Å²) in [6.45, 7) is 0. The first-order chi connectivity index (χ1) is 12.6. The van der Waals surface area contributed by atoms with E-state index in [1.54, 1.807) is 24.3 Å². The van der Waals surface area contributed by atoms with Crippen molar-refractivity contribution in [3.63, 3.8) is 0 Å². The number of nitrogens with one attached hydrogen (secondary N) is 2. The SMILES string of the molecule is N#CC1=C(SCC(=O)Nc2ccccc2Cl)NC(=O)C[C@H]1c1cccs1. The van der Waals surface area contributed by atoms with E-state index in [0.29, 0.717) is 21.3 Å². The number of hydrogen-bond acceptors (Lipinski definition) is 5. The molecular formula is C18H14ClN3O2S2. The third-order valence-electron chi connectivity index (χ3n) is 3.74. The van der Waals surface area contributed by atoms with E-state index in [2.05, 4.69) is 16.7 Å². The Kier molecular flexibility index (Phi) is 5.99. The molecule has 0 bridgehead atoms. The monoisotopic (exact) mass is 403 g/mol. The van der Waals surface area contributed by atoms with Crippen LogP contribution in [-0.2, 0) is 9.59 Å². The van der Waals surface area contributed by atoms with Crippen LogP contribution in [0.3, 0.4) is 0 Å². The number of para-hydroxylation sites is 1. The number of nitrogens with zero attached hydrogens (tertiary/aromatic N) is 1. The maximum absolute atomic E-state index is 12.2. The Balaban J connectivity index is 1.72. The van der Waals surface area contributed by atoms with E-state index >= 15 is 0 Å². The Morgan fingerprint density at radius 1 is 1.38 bits per heavy atom. The van der Waals surface area contributed by atoms with E-state index in [4.69, 9.17) is 11.6 Å². The highest BCUT2D eigenvalue weighted by Crippen LogP contribution is 2.37. The molecule has 3 rings (SSSR count). The number of anilines is 1. The van der Waals surface area contributed by atoms with Gasteiger partial charge >= 0.3 is 0 Å². The number of carbonyl (C=O) groups is 2. The second kappa shape index (κ2) is 8.41. The molecule has 1 aromatic heterocycles. The van der Waals surface area contributed by atoms with E-state index in [9.17, 15) is 14.9 Å². The zero-order valence-corrected chi connectivity index (χ0v) is 15.9. The van der Waals surface area contributed by atoms with Crippen molar-refractivity contribution in [2.75, 3.05) is 11.1 Å². The zero-order valence-electron chi connectivity index (χ0n) is 13.5. The summed E-state index contributed by atoms with van der Waals surface area (Å²) in [4.78, 5) is 25.2. The number of nitriles is 1. The van der Waals surface area contributed by atoms with Gasteiger partial charge in [-0.2, -0.15) is 5.26 Å². The van der Waals surface area contributed by atoms with Gasteiger partial charge in [0.15, 0.2) is 0 Å². The second-order valence-corrected chi connectivity index (χ2v) is 7.86. The summed E-state index contributed by atoms with van der Waals surface area (Å²) in [6.07, 6.45) is 0.235. The number of thioether (sulfide) groups is 1. The smallest absolute Gasteiger partial charge is 0.234 e. The largest absolute Gasteiger partial charge is 0.324 e. The van der Waals surface area contributed by atoms with Crippen LogP contribution in [0.5, 0.6) is 0 Å². The number of hydrogen-bond donors (Lipinski definition) is 2. The average Bonchev–Trinajstić information content (AvgIpc) is 3.16. The van der Waals surface area contributed by atoms with Crippen LogP contribution in [0.15, 0.2) is 52.4 Å². The molecule has 2 heterocycles. The van der Waals surface area contributed by atoms with Gasteiger partial charge in [0.2, 0.25) is 11.8 Å². The highest BCUT2D eigenvalue weighted by atomic mass is 35.5. The summed E-state index contributed by atoms with van der Waals surface area (Å²) < 4.78 is 0. The molecule has 0 saturated carbocycles. The van der Waals surface area contributed by atoms with Crippen LogP contribution in [-0.4, -0.2) is 17.6 Å². The summed E-state index contributed by atoms with van der Waals surface area (Å²) in [6, 6.07) is 13.0. The molecule has 0 unspecified atom stereocenters. The number of allylic oxidation sites excluding steroid dienone is 1. The molecule has 0 aliphatic carbocycles. The Morgan fingerprint density at radius 2 is 2.19 bits per heavy atom. The third-order valence-corrected chi connectivity index (χ3v) is 6.07. The predicted octanol–water partition coefficient (Wildman–Crippen LogP) is 4.11. The summed E-state index contributed by atoms with van der Waals surface area (Å²) >= 11 is 8.68. The predicted molar refractivity (Wildman–Crippen MR) is 105 cm³/mol. The van der Waals surface area contributed by atoms with Gasteiger partial charge in [0, 0.05) is 17.2 Å². The molecule has 1 aromatic carbocycles. The highest BCUT2D eigenvalue weighted by molar-refractivity contribution is 8.03. The molecule has 0 radical (unpaired) electrons.